The molecule has 0 aromatic heterocycles. The maximum atomic E-state index is 11.7. The third kappa shape index (κ3) is 4.87. The molecule has 2 aromatic rings. The Hall–Kier alpha value is -1.52. The second kappa shape index (κ2) is 7.31. The fraction of sp³-hybridized carbons (Fsp3) is 0.133. The Kier molecular flexibility index (Phi) is 5.44. The summed E-state index contributed by atoms with van der Waals surface area (Å²) in [5.41, 5.74) is 0.760. The van der Waals surface area contributed by atoms with Crippen molar-refractivity contribution in [3.05, 3.63) is 58.0 Å². The zero-order chi connectivity index (χ0) is 14.4. The van der Waals surface area contributed by atoms with E-state index in [1.807, 2.05) is 24.3 Å². The number of nitrogens with one attached hydrogen (secondary N) is 1. The van der Waals surface area contributed by atoms with Gasteiger partial charge in [-0.1, -0.05) is 33.6 Å². The lowest BCUT2D eigenvalue weighted by Crippen LogP contribution is -2.15. The molecule has 0 fully saturated rings. The molecule has 0 aliphatic rings. The highest BCUT2D eigenvalue weighted by atomic mass is 79.9. The van der Waals surface area contributed by atoms with Gasteiger partial charge in [0.1, 0.15) is 5.75 Å². The molecule has 0 radical (unpaired) electrons. The van der Waals surface area contributed by atoms with Crippen LogP contribution in [0.5, 0.6) is 5.75 Å². The fourth-order valence-electron chi connectivity index (χ4n) is 1.58. The van der Waals surface area contributed by atoms with Gasteiger partial charge in [-0.3, -0.25) is 4.79 Å². The van der Waals surface area contributed by atoms with E-state index < -0.39 is 0 Å². The van der Waals surface area contributed by atoms with Crippen molar-refractivity contribution in [1.82, 2.24) is 0 Å². The number of amides is 1. The molecule has 0 spiro atoms. The van der Waals surface area contributed by atoms with E-state index >= 15 is 0 Å². The standard InChI is InChI=1S/C15H13BrClNO2/c16-11-2-1-3-13(10-11)18-15(19)8-9-20-14-6-4-12(17)5-7-14/h1-7,10H,8-9H2,(H,18,19). The first-order chi connectivity index (χ1) is 9.63. The minimum Gasteiger partial charge on any atom is -0.493 e. The topological polar surface area (TPSA) is 38.3 Å². The average molecular weight is 355 g/mol. The second-order valence-electron chi connectivity index (χ2n) is 4.11. The van der Waals surface area contributed by atoms with Crippen molar-refractivity contribution in [2.24, 2.45) is 0 Å². The van der Waals surface area contributed by atoms with E-state index in [0.29, 0.717) is 17.4 Å². The summed E-state index contributed by atoms with van der Waals surface area (Å²) in [7, 11) is 0. The summed E-state index contributed by atoms with van der Waals surface area (Å²) in [5, 5.41) is 3.47. The third-order valence-corrected chi connectivity index (χ3v) is 3.27. The van der Waals surface area contributed by atoms with Crippen LogP contribution in [0.2, 0.25) is 5.02 Å². The Labute approximate surface area is 131 Å². The molecule has 104 valence electrons. The summed E-state index contributed by atoms with van der Waals surface area (Å²) in [6.07, 6.45) is 0.287. The fourth-order valence-corrected chi connectivity index (χ4v) is 2.11. The van der Waals surface area contributed by atoms with Crippen molar-refractivity contribution >= 4 is 39.1 Å². The van der Waals surface area contributed by atoms with Gasteiger partial charge in [0, 0.05) is 15.2 Å². The maximum Gasteiger partial charge on any atom is 0.227 e. The van der Waals surface area contributed by atoms with Crippen LogP contribution >= 0.6 is 27.5 Å². The summed E-state index contributed by atoms with van der Waals surface area (Å²) in [5.74, 6) is 0.613. The number of hydrogen-bond donors (Lipinski definition) is 1. The Bertz CT molecular complexity index is 587. The molecule has 2 rings (SSSR count). The monoisotopic (exact) mass is 353 g/mol. The van der Waals surface area contributed by atoms with Crippen molar-refractivity contribution in [1.29, 1.82) is 0 Å². The van der Waals surface area contributed by atoms with Crippen LogP contribution in [0, 0.1) is 0 Å². The number of ether oxygens (including phenoxy) is 1. The number of benzene rings is 2. The van der Waals surface area contributed by atoms with Crippen molar-refractivity contribution < 1.29 is 9.53 Å². The Morgan fingerprint density at radius 2 is 1.95 bits per heavy atom. The molecular weight excluding hydrogens is 342 g/mol. The molecule has 2 aromatic carbocycles. The van der Waals surface area contributed by atoms with E-state index in [2.05, 4.69) is 21.2 Å². The first kappa shape index (κ1) is 14.9. The minimum atomic E-state index is -0.0861. The van der Waals surface area contributed by atoms with Crippen LogP contribution in [0.4, 0.5) is 5.69 Å². The number of hydrogen-bond acceptors (Lipinski definition) is 2. The molecular formula is C15H13BrClNO2. The maximum absolute atomic E-state index is 11.7. The molecule has 20 heavy (non-hydrogen) atoms. The number of carbonyl (C=O) groups excluding carboxylic acids is 1. The molecule has 0 saturated carbocycles. The van der Waals surface area contributed by atoms with Crippen molar-refractivity contribution in [3.63, 3.8) is 0 Å². The van der Waals surface area contributed by atoms with Crippen molar-refractivity contribution in [2.75, 3.05) is 11.9 Å². The van der Waals surface area contributed by atoms with Crippen LogP contribution < -0.4 is 10.1 Å². The molecule has 3 nitrogen and oxygen atoms in total. The van der Waals surface area contributed by atoms with Crippen LogP contribution in [0.3, 0.4) is 0 Å². The molecule has 0 heterocycles. The molecule has 5 heteroatoms. The molecule has 0 aliphatic carbocycles. The van der Waals surface area contributed by atoms with Gasteiger partial charge in [0.05, 0.1) is 13.0 Å². The van der Waals surface area contributed by atoms with Gasteiger partial charge in [-0.2, -0.15) is 0 Å². The number of anilines is 1. The molecule has 1 N–H and O–H groups in total. The molecule has 0 unspecified atom stereocenters. The first-order valence-electron chi connectivity index (χ1n) is 6.07. The lowest BCUT2D eigenvalue weighted by molar-refractivity contribution is -0.116. The van der Waals surface area contributed by atoms with Crippen LogP contribution in [-0.2, 0) is 4.79 Å². The highest BCUT2D eigenvalue weighted by Crippen LogP contribution is 2.17. The Morgan fingerprint density at radius 3 is 2.65 bits per heavy atom. The lowest BCUT2D eigenvalue weighted by atomic mass is 10.3. The zero-order valence-corrected chi connectivity index (χ0v) is 12.9. The SMILES string of the molecule is O=C(CCOc1ccc(Cl)cc1)Nc1cccc(Br)c1. The quantitative estimate of drug-likeness (QED) is 0.858. The van der Waals surface area contributed by atoms with Gasteiger partial charge >= 0.3 is 0 Å². The van der Waals surface area contributed by atoms with E-state index in [1.165, 1.54) is 0 Å². The van der Waals surface area contributed by atoms with Crippen LogP contribution in [0.15, 0.2) is 53.0 Å². The number of rotatable bonds is 5. The van der Waals surface area contributed by atoms with E-state index in [-0.39, 0.29) is 12.3 Å². The van der Waals surface area contributed by atoms with Crippen molar-refractivity contribution in [3.8, 4) is 5.75 Å². The largest absolute Gasteiger partial charge is 0.493 e. The molecule has 0 saturated heterocycles. The molecule has 0 aliphatic heterocycles. The number of halogens is 2. The summed E-state index contributed by atoms with van der Waals surface area (Å²) in [6, 6.07) is 14.5. The van der Waals surface area contributed by atoms with Gasteiger partial charge in [0.2, 0.25) is 5.91 Å². The lowest BCUT2D eigenvalue weighted by Gasteiger charge is -2.07. The van der Waals surface area contributed by atoms with Crippen LogP contribution in [0.1, 0.15) is 6.42 Å². The molecule has 1 amide bonds. The van der Waals surface area contributed by atoms with Gasteiger partial charge in [-0.15, -0.1) is 0 Å². The molecule has 0 atom stereocenters. The summed E-state index contributed by atoms with van der Waals surface area (Å²) in [6.45, 7) is 0.321. The normalized spacial score (nSPS) is 10.1. The summed E-state index contributed by atoms with van der Waals surface area (Å²) in [4.78, 5) is 11.7. The highest BCUT2D eigenvalue weighted by Gasteiger charge is 2.03. The molecule has 0 bridgehead atoms. The zero-order valence-electron chi connectivity index (χ0n) is 10.6. The highest BCUT2D eigenvalue weighted by molar-refractivity contribution is 9.10. The Balaban J connectivity index is 1.76. The van der Waals surface area contributed by atoms with Gasteiger partial charge in [-0.05, 0) is 42.5 Å². The van der Waals surface area contributed by atoms with Crippen LogP contribution in [0.25, 0.3) is 0 Å². The second-order valence-corrected chi connectivity index (χ2v) is 5.46. The van der Waals surface area contributed by atoms with Gasteiger partial charge < -0.3 is 10.1 Å². The summed E-state index contributed by atoms with van der Waals surface area (Å²) >= 11 is 9.13. The van der Waals surface area contributed by atoms with E-state index in [9.17, 15) is 4.79 Å². The summed E-state index contributed by atoms with van der Waals surface area (Å²) < 4.78 is 6.39. The minimum absolute atomic E-state index is 0.0861. The predicted octanol–water partition coefficient (Wildman–Crippen LogP) is 4.51. The van der Waals surface area contributed by atoms with E-state index in [4.69, 9.17) is 16.3 Å². The smallest absolute Gasteiger partial charge is 0.227 e. The van der Waals surface area contributed by atoms with Crippen molar-refractivity contribution in [2.45, 2.75) is 6.42 Å². The van der Waals surface area contributed by atoms with E-state index in [0.717, 1.165) is 10.2 Å². The first-order valence-corrected chi connectivity index (χ1v) is 7.24. The van der Waals surface area contributed by atoms with Gasteiger partial charge in [0.15, 0.2) is 0 Å². The Morgan fingerprint density at radius 1 is 1.20 bits per heavy atom. The van der Waals surface area contributed by atoms with E-state index in [1.54, 1.807) is 24.3 Å². The van der Waals surface area contributed by atoms with Gasteiger partial charge in [0.25, 0.3) is 0 Å². The predicted molar refractivity (Wildman–Crippen MR) is 84.3 cm³/mol. The average Bonchev–Trinajstić information content (AvgIpc) is 2.41. The van der Waals surface area contributed by atoms with Gasteiger partial charge in [-0.25, -0.2) is 0 Å². The third-order valence-electron chi connectivity index (χ3n) is 2.52. The number of carbonyl (C=O) groups is 1. The van der Waals surface area contributed by atoms with Crippen LogP contribution in [-0.4, -0.2) is 12.5 Å².